The van der Waals surface area contributed by atoms with Crippen LogP contribution in [-0.4, -0.2) is 35.6 Å². The topological polar surface area (TPSA) is 66.6 Å². The van der Waals surface area contributed by atoms with Crippen molar-refractivity contribution in [2.24, 2.45) is 5.73 Å². The summed E-state index contributed by atoms with van der Waals surface area (Å²) in [6, 6.07) is 7.41. The predicted octanol–water partition coefficient (Wildman–Crippen LogP) is 0.839. The van der Waals surface area contributed by atoms with Crippen molar-refractivity contribution in [3.05, 3.63) is 35.4 Å². The van der Waals surface area contributed by atoms with Gasteiger partial charge in [-0.25, -0.2) is 0 Å². The number of benzene rings is 1. The van der Waals surface area contributed by atoms with Crippen LogP contribution in [0.2, 0.25) is 0 Å². The highest BCUT2D eigenvalue weighted by molar-refractivity contribution is 5.73. The number of nitrogens with zero attached hydrogens (tertiary/aromatic N) is 1. The molecule has 0 spiro atoms. The lowest BCUT2D eigenvalue weighted by molar-refractivity contribution is -0.142. The Bertz CT molecular complexity index is 349. The highest BCUT2D eigenvalue weighted by Gasteiger charge is 2.20. The van der Waals surface area contributed by atoms with Crippen LogP contribution in [0.4, 0.5) is 0 Å². The largest absolute Gasteiger partial charge is 0.480 e. The SMILES string of the molecule is Cc1ccc(CN(C)C(CN)C(=O)O)cc1. The molecule has 1 atom stereocenters. The minimum absolute atomic E-state index is 0.123. The van der Waals surface area contributed by atoms with Crippen LogP contribution >= 0.6 is 0 Å². The van der Waals surface area contributed by atoms with Crippen molar-refractivity contribution in [3.8, 4) is 0 Å². The van der Waals surface area contributed by atoms with E-state index in [4.69, 9.17) is 10.8 Å². The number of carboxylic acid groups (broad SMARTS) is 1. The lowest BCUT2D eigenvalue weighted by Gasteiger charge is -2.23. The van der Waals surface area contributed by atoms with Gasteiger partial charge in [-0.15, -0.1) is 0 Å². The fourth-order valence-corrected chi connectivity index (χ4v) is 1.56. The summed E-state index contributed by atoms with van der Waals surface area (Å²) in [6.07, 6.45) is 0. The Hall–Kier alpha value is -1.39. The van der Waals surface area contributed by atoms with Crippen LogP contribution in [0.15, 0.2) is 24.3 Å². The second kappa shape index (κ2) is 5.63. The van der Waals surface area contributed by atoms with Crippen LogP contribution in [0.3, 0.4) is 0 Å². The van der Waals surface area contributed by atoms with Crippen molar-refractivity contribution in [2.75, 3.05) is 13.6 Å². The first-order valence-electron chi connectivity index (χ1n) is 5.23. The first-order valence-corrected chi connectivity index (χ1v) is 5.23. The van der Waals surface area contributed by atoms with Gasteiger partial charge in [0.05, 0.1) is 0 Å². The maximum absolute atomic E-state index is 10.9. The number of hydrogen-bond acceptors (Lipinski definition) is 3. The maximum Gasteiger partial charge on any atom is 0.322 e. The molecule has 0 aliphatic carbocycles. The standard InChI is InChI=1S/C12H18N2O2/c1-9-3-5-10(6-4-9)8-14(2)11(7-13)12(15)16/h3-6,11H,7-8,13H2,1-2H3,(H,15,16). The summed E-state index contributed by atoms with van der Waals surface area (Å²) in [4.78, 5) is 12.6. The van der Waals surface area contributed by atoms with Crippen LogP contribution in [0.25, 0.3) is 0 Å². The summed E-state index contributed by atoms with van der Waals surface area (Å²) >= 11 is 0. The van der Waals surface area contributed by atoms with Gasteiger partial charge in [-0.2, -0.15) is 0 Å². The Kier molecular flexibility index (Phi) is 4.46. The van der Waals surface area contributed by atoms with Gasteiger partial charge < -0.3 is 10.8 Å². The third-order valence-electron chi connectivity index (χ3n) is 2.59. The minimum atomic E-state index is -0.878. The second-order valence-electron chi connectivity index (χ2n) is 3.99. The molecule has 0 amide bonds. The Morgan fingerprint density at radius 3 is 2.44 bits per heavy atom. The monoisotopic (exact) mass is 222 g/mol. The molecule has 0 saturated carbocycles. The van der Waals surface area contributed by atoms with Gasteiger partial charge in [0.2, 0.25) is 0 Å². The molecule has 0 radical (unpaired) electrons. The first-order chi connectivity index (χ1) is 7.54. The maximum atomic E-state index is 10.9. The zero-order chi connectivity index (χ0) is 12.1. The van der Waals surface area contributed by atoms with Crippen molar-refractivity contribution in [2.45, 2.75) is 19.5 Å². The highest BCUT2D eigenvalue weighted by Crippen LogP contribution is 2.07. The normalized spacial score (nSPS) is 12.8. The molecule has 0 aromatic heterocycles. The summed E-state index contributed by atoms with van der Waals surface area (Å²) in [7, 11) is 1.77. The molecule has 0 aliphatic heterocycles. The van der Waals surface area contributed by atoms with Crippen LogP contribution in [0.5, 0.6) is 0 Å². The van der Waals surface area contributed by atoms with Crippen molar-refractivity contribution < 1.29 is 9.90 Å². The fourth-order valence-electron chi connectivity index (χ4n) is 1.56. The molecule has 0 aliphatic rings. The van der Waals surface area contributed by atoms with E-state index in [2.05, 4.69) is 0 Å². The van der Waals surface area contributed by atoms with Gasteiger partial charge in [0.1, 0.15) is 6.04 Å². The molecule has 4 heteroatoms. The number of hydrogen-bond donors (Lipinski definition) is 2. The third kappa shape index (κ3) is 3.32. The van der Waals surface area contributed by atoms with Gasteiger partial charge in [0.15, 0.2) is 0 Å². The van der Waals surface area contributed by atoms with Gasteiger partial charge >= 0.3 is 5.97 Å². The Labute approximate surface area is 95.7 Å². The highest BCUT2D eigenvalue weighted by atomic mass is 16.4. The zero-order valence-corrected chi connectivity index (χ0v) is 9.68. The van der Waals surface area contributed by atoms with Crippen LogP contribution in [0, 0.1) is 6.92 Å². The number of likely N-dealkylation sites (N-methyl/N-ethyl adjacent to an activating group) is 1. The number of aliphatic carboxylic acids is 1. The van der Waals surface area contributed by atoms with Crippen LogP contribution < -0.4 is 5.73 Å². The average molecular weight is 222 g/mol. The molecule has 1 unspecified atom stereocenters. The lowest BCUT2D eigenvalue weighted by Crippen LogP contribution is -2.43. The van der Waals surface area contributed by atoms with Gasteiger partial charge in [-0.3, -0.25) is 9.69 Å². The molecule has 88 valence electrons. The van der Waals surface area contributed by atoms with E-state index >= 15 is 0 Å². The molecule has 1 aromatic carbocycles. The van der Waals surface area contributed by atoms with Gasteiger partial charge in [-0.05, 0) is 19.5 Å². The predicted molar refractivity (Wildman–Crippen MR) is 63.1 cm³/mol. The van der Waals surface area contributed by atoms with E-state index in [-0.39, 0.29) is 6.54 Å². The summed E-state index contributed by atoms with van der Waals surface area (Å²) < 4.78 is 0. The first kappa shape index (κ1) is 12.7. The number of carbonyl (C=O) groups is 1. The second-order valence-corrected chi connectivity index (χ2v) is 3.99. The summed E-state index contributed by atoms with van der Waals surface area (Å²) in [5.41, 5.74) is 7.71. The molecule has 0 bridgehead atoms. The van der Waals surface area contributed by atoms with Crippen molar-refractivity contribution in [1.29, 1.82) is 0 Å². The molecule has 1 aromatic rings. The summed E-state index contributed by atoms with van der Waals surface area (Å²) in [5, 5.41) is 8.94. The number of carboxylic acids is 1. The molecule has 0 fully saturated rings. The van der Waals surface area contributed by atoms with E-state index < -0.39 is 12.0 Å². The van der Waals surface area contributed by atoms with E-state index in [1.54, 1.807) is 11.9 Å². The lowest BCUT2D eigenvalue weighted by atomic mass is 10.1. The van der Waals surface area contributed by atoms with Crippen LogP contribution in [-0.2, 0) is 11.3 Å². The van der Waals surface area contributed by atoms with Gasteiger partial charge in [0.25, 0.3) is 0 Å². The van der Waals surface area contributed by atoms with Crippen molar-refractivity contribution >= 4 is 5.97 Å². The molecule has 3 N–H and O–H groups in total. The Morgan fingerprint density at radius 2 is 2.00 bits per heavy atom. The Balaban J connectivity index is 2.66. The van der Waals surface area contributed by atoms with Gasteiger partial charge in [0, 0.05) is 13.1 Å². The fraction of sp³-hybridized carbons (Fsp3) is 0.417. The number of aryl methyl sites for hydroxylation is 1. The molecule has 16 heavy (non-hydrogen) atoms. The quantitative estimate of drug-likeness (QED) is 0.774. The summed E-state index contributed by atoms with van der Waals surface area (Å²) in [5.74, 6) is -0.878. The summed E-state index contributed by atoms with van der Waals surface area (Å²) in [6.45, 7) is 2.74. The van der Waals surface area contributed by atoms with E-state index in [0.29, 0.717) is 6.54 Å². The van der Waals surface area contributed by atoms with Gasteiger partial charge in [-0.1, -0.05) is 29.8 Å². The minimum Gasteiger partial charge on any atom is -0.480 e. The molecule has 0 heterocycles. The van der Waals surface area contributed by atoms with Crippen molar-refractivity contribution in [3.63, 3.8) is 0 Å². The zero-order valence-electron chi connectivity index (χ0n) is 9.68. The molecular formula is C12H18N2O2. The number of rotatable bonds is 5. The number of nitrogens with two attached hydrogens (primary N) is 1. The van der Waals surface area contributed by atoms with Crippen LogP contribution in [0.1, 0.15) is 11.1 Å². The average Bonchev–Trinajstić information content (AvgIpc) is 2.22. The van der Waals surface area contributed by atoms with E-state index in [1.807, 2.05) is 31.2 Å². The molecule has 1 rings (SSSR count). The molecular weight excluding hydrogens is 204 g/mol. The third-order valence-corrected chi connectivity index (χ3v) is 2.59. The molecule has 0 saturated heterocycles. The Morgan fingerprint density at radius 1 is 1.44 bits per heavy atom. The van der Waals surface area contributed by atoms with Crippen molar-refractivity contribution in [1.82, 2.24) is 4.90 Å². The van der Waals surface area contributed by atoms with E-state index in [9.17, 15) is 4.79 Å². The molecule has 4 nitrogen and oxygen atoms in total. The smallest absolute Gasteiger partial charge is 0.322 e. The van der Waals surface area contributed by atoms with E-state index in [0.717, 1.165) is 5.56 Å². The van der Waals surface area contributed by atoms with E-state index in [1.165, 1.54) is 5.56 Å².